The molecule has 2 atom stereocenters. The number of methoxy groups -OCH3 is 1. The third kappa shape index (κ3) is 4.23. The van der Waals surface area contributed by atoms with Crippen LogP contribution in [0.5, 0.6) is 0 Å². The summed E-state index contributed by atoms with van der Waals surface area (Å²) >= 11 is 0. The number of nitrogens with one attached hydrogen (secondary N) is 1. The van der Waals surface area contributed by atoms with Crippen LogP contribution >= 0.6 is 0 Å². The summed E-state index contributed by atoms with van der Waals surface area (Å²) in [7, 11) is 1.57. The van der Waals surface area contributed by atoms with Gasteiger partial charge >= 0.3 is 0 Å². The molecule has 0 aromatic rings. The Morgan fingerprint density at radius 3 is 2.94 bits per heavy atom. The molecule has 0 saturated carbocycles. The molecule has 1 fully saturated rings. The van der Waals surface area contributed by atoms with Crippen LogP contribution < -0.4 is 11.1 Å². The molecule has 17 heavy (non-hydrogen) atoms. The van der Waals surface area contributed by atoms with E-state index in [9.17, 15) is 9.90 Å². The van der Waals surface area contributed by atoms with Crippen LogP contribution in [0.3, 0.4) is 0 Å². The Labute approximate surface area is 101 Å². The highest BCUT2D eigenvalue weighted by Crippen LogP contribution is 2.16. The number of hydrogen-bond donors (Lipinski definition) is 3. The minimum Gasteiger partial charge on any atom is -0.388 e. The normalized spacial score (nSPS) is 27.8. The van der Waals surface area contributed by atoms with Gasteiger partial charge in [-0.3, -0.25) is 4.79 Å². The fourth-order valence-corrected chi connectivity index (χ4v) is 1.62. The van der Waals surface area contributed by atoms with Gasteiger partial charge in [-0.05, 0) is 13.3 Å². The van der Waals surface area contributed by atoms with Crippen LogP contribution in [-0.4, -0.2) is 55.6 Å². The first-order chi connectivity index (χ1) is 7.90. The summed E-state index contributed by atoms with van der Waals surface area (Å²) in [5.74, 6) is -0.271. The summed E-state index contributed by atoms with van der Waals surface area (Å²) in [6.07, 6.45) is 0.969. The lowest BCUT2D eigenvalue weighted by Crippen LogP contribution is -2.56. The van der Waals surface area contributed by atoms with Crippen LogP contribution in [0, 0.1) is 0 Å². The SMILES string of the molecule is COCCC(C)(O)CNC(=O)C1(N)CCOC1. The van der Waals surface area contributed by atoms with E-state index >= 15 is 0 Å². The predicted molar refractivity (Wildman–Crippen MR) is 62.5 cm³/mol. The van der Waals surface area contributed by atoms with Gasteiger partial charge in [0.1, 0.15) is 5.54 Å². The number of carbonyl (C=O) groups is 1. The maximum atomic E-state index is 11.8. The Hall–Kier alpha value is -0.690. The van der Waals surface area contributed by atoms with Gasteiger partial charge in [0, 0.05) is 33.3 Å². The number of nitrogens with two attached hydrogens (primary N) is 1. The minimum atomic E-state index is -0.985. The average Bonchev–Trinajstić information content (AvgIpc) is 2.72. The van der Waals surface area contributed by atoms with Crippen molar-refractivity contribution in [2.24, 2.45) is 5.73 Å². The molecular formula is C11H22N2O4. The molecule has 1 aliphatic rings. The smallest absolute Gasteiger partial charge is 0.242 e. The number of rotatable bonds is 6. The zero-order valence-electron chi connectivity index (χ0n) is 10.5. The fourth-order valence-electron chi connectivity index (χ4n) is 1.62. The second-order valence-corrected chi connectivity index (χ2v) is 4.88. The topological polar surface area (TPSA) is 93.8 Å². The monoisotopic (exact) mass is 246 g/mol. The Kier molecular flexibility index (Phi) is 4.88. The van der Waals surface area contributed by atoms with Crippen molar-refractivity contribution < 1.29 is 19.4 Å². The second kappa shape index (κ2) is 5.77. The molecule has 1 saturated heterocycles. The van der Waals surface area contributed by atoms with Crippen molar-refractivity contribution in [1.82, 2.24) is 5.32 Å². The first-order valence-electron chi connectivity index (χ1n) is 5.76. The van der Waals surface area contributed by atoms with E-state index in [1.807, 2.05) is 0 Å². The molecule has 0 aliphatic carbocycles. The van der Waals surface area contributed by atoms with E-state index in [0.717, 1.165) is 0 Å². The molecule has 0 aromatic carbocycles. The summed E-state index contributed by atoms with van der Waals surface area (Å²) in [5.41, 5.74) is 3.96. The molecular weight excluding hydrogens is 224 g/mol. The van der Waals surface area contributed by atoms with Crippen LogP contribution in [-0.2, 0) is 14.3 Å². The van der Waals surface area contributed by atoms with Crippen molar-refractivity contribution in [3.05, 3.63) is 0 Å². The Balaban J connectivity index is 2.36. The lowest BCUT2D eigenvalue weighted by atomic mass is 9.97. The number of amides is 1. The predicted octanol–water partition coefficient (Wildman–Crippen LogP) is -0.992. The number of ether oxygens (including phenoxy) is 2. The number of carbonyl (C=O) groups excluding carboxylic acids is 1. The molecule has 0 aromatic heterocycles. The third-order valence-corrected chi connectivity index (χ3v) is 2.98. The van der Waals surface area contributed by atoms with E-state index < -0.39 is 11.1 Å². The highest BCUT2D eigenvalue weighted by molar-refractivity contribution is 5.86. The van der Waals surface area contributed by atoms with Gasteiger partial charge in [0.25, 0.3) is 0 Å². The molecule has 1 amide bonds. The maximum Gasteiger partial charge on any atom is 0.242 e. The minimum absolute atomic E-state index is 0.161. The first kappa shape index (κ1) is 14.4. The van der Waals surface area contributed by atoms with Gasteiger partial charge in [-0.1, -0.05) is 0 Å². The van der Waals surface area contributed by atoms with Gasteiger partial charge in [-0.2, -0.15) is 0 Å². The van der Waals surface area contributed by atoms with Gasteiger partial charge in [0.15, 0.2) is 0 Å². The Morgan fingerprint density at radius 2 is 2.41 bits per heavy atom. The van der Waals surface area contributed by atoms with Crippen LogP contribution in [0.25, 0.3) is 0 Å². The molecule has 100 valence electrons. The highest BCUT2D eigenvalue weighted by Gasteiger charge is 2.38. The van der Waals surface area contributed by atoms with Crippen LogP contribution in [0.2, 0.25) is 0 Å². The van der Waals surface area contributed by atoms with Crippen LogP contribution in [0.4, 0.5) is 0 Å². The van der Waals surface area contributed by atoms with E-state index in [4.69, 9.17) is 15.2 Å². The molecule has 1 rings (SSSR count). The van der Waals surface area contributed by atoms with Crippen molar-refractivity contribution >= 4 is 5.91 Å². The molecule has 4 N–H and O–H groups in total. The fraction of sp³-hybridized carbons (Fsp3) is 0.909. The Bertz CT molecular complexity index is 262. The lowest BCUT2D eigenvalue weighted by molar-refractivity contribution is -0.127. The molecule has 0 radical (unpaired) electrons. The quantitative estimate of drug-likeness (QED) is 0.559. The van der Waals surface area contributed by atoms with E-state index in [1.165, 1.54) is 0 Å². The molecule has 6 heteroatoms. The van der Waals surface area contributed by atoms with Gasteiger partial charge in [0.05, 0.1) is 12.2 Å². The van der Waals surface area contributed by atoms with Crippen LogP contribution in [0.15, 0.2) is 0 Å². The van der Waals surface area contributed by atoms with Crippen molar-refractivity contribution in [2.45, 2.75) is 30.9 Å². The maximum absolute atomic E-state index is 11.8. The summed E-state index contributed by atoms with van der Waals surface area (Å²) in [4.78, 5) is 11.8. The summed E-state index contributed by atoms with van der Waals surface area (Å²) in [5, 5.41) is 12.6. The highest BCUT2D eigenvalue weighted by atomic mass is 16.5. The summed E-state index contributed by atoms with van der Waals surface area (Å²) in [6.45, 7) is 3.00. The van der Waals surface area contributed by atoms with E-state index in [0.29, 0.717) is 26.1 Å². The van der Waals surface area contributed by atoms with Gasteiger partial charge < -0.3 is 25.6 Å². The summed E-state index contributed by atoms with van der Waals surface area (Å²) in [6, 6.07) is 0. The van der Waals surface area contributed by atoms with Crippen molar-refractivity contribution in [1.29, 1.82) is 0 Å². The largest absolute Gasteiger partial charge is 0.388 e. The zero-order chi connectivity index (χ0) is 12.9. The summed E-state index contributed by atoms with van der Waals surface area (Å²) < 4.78 is 10.00. The molecule has 1 heterocycles. The first-order valence-corrected chi connectivity index (χ1v) is 5.76. The van der Waals surface area contributed by atoms with Gasteiger partial charge in [-0.15, -0.1) is 0 Å². The van der Waals surface area contributed by atoms with E-state index in [1.54, 1.807) is 14.0 Å². The van der Waals surface area contributed by atoms with E-state index in [2.05, 4.69) is 5.32 Å². The lowest BCUT2D eigenvalue weighted by Gasteiger charge is -2.26. The zero-order valence-corrected chi connectivity index (χ0v) is 10.5. The van der Waals surface area contributed by atoms with E-state index in [-0.39, 0.29) is 19.1 Å². The molecule has 0 bridgehead atoms. The molecule has 6 nitrogen and oxygen atoms in total. The molecule has 0 spiro atoms. The van der Waals surface area contributed by atoms with Gasteiger partial charge in [-0.25, -0.2) is 0 Å². The Morgan fingerprint density at radius 1 is 1.71 bits per heavy atom. The molecule has 2 unspecified atom stereocenters. The third-order valence-electron chi connectivity index (χ3n) is 2.98. The van der Waals surface area contributed by atoms with Crippen molar-refractivity contribution in [3.8, 4) is 0 Å². The standard InChI is InChI=1S/C11H22N2O4/c1-10(15,3-5-16-2)7-13-9(14)11(12)4-6-17-8-11/h15H,3-8,12H2,1-2H3,(H,13,14). The average molecular weight is 246 g/mol. The van der Waals surface area contributed by atoms with Gasteiger partial charge in [0.2, 0.25) is 5.91 Å². The molecule has 1 aliphatic heterocycles. The number of hydrogen-bond acceptors (Lipinski definition) is 5. The van der Waals surface area contributed by atoms with Crippen LogP contribution in [0.1, 0.15) is 19.8 Å². The number of aliphatic hydroxyl groups is 1. The van der Waals surface area contributed by atoms with Crippen molar-refractivity contribution in [2.75, 3.05) is 33.5 Å². The second-order valence-electron chi connectivity index (χ2n) is 4.88. The van der Waals surface area contributed by atoms with Crippen molar-refractivity contribution in [3.63, 3.8) is 0 Å².